The van der Waals surface area contributed by atoms with E-state index >= 15 is 0 Å². The van der Waals surface area contributed by atoms with Crippen LogP contribution in [0.2, 0.25) is 0 Å². The number of aliphatic carboxylic acids is 1. The summed E-state index contributed by atoms with van der Waals surface area (Å²) in [4.78, 5) is 13.1. The second kappa shape index (κ2) is 6.48. The van der Waals surface area contributed by atoms with Gasteiger partial charge in [0.1, 0.15) is 12.4 Å². The number of hydrogen-bond donors (Lipinski definition) is 1. The van der Waals surface area contributed by atoms with Gasteiger partial charge in [-0.25, -0.2) is 0 Å². The number of hydrogen-bond acceptors (Lipinski definition) is 3. The Kier molecular flexibility index (Phi) is 4.88. The van der Waals surface area contributed by atoms with E-state index in [1.54, 1.807) is 0 Å². The van der Waals surface area contributed by atoms with Crippen LogP contribution in [0.4, 0.5) is 0 Å². The molecule has 1 aliphatic heterocycles. The first-order valence-corrected chi connectivity index (χ1v) is 7.55. The SMILES string of the molecule is CC(C)(C)c1ccc(OCCN2CCC(C(=O)O)C2)cc1. The summed E-state index contributed by atoms with van der Waals surface area (Å²) in [5, 5.41) is 8.97. The van der Waals surface area contributed by atoms with Crippen molar-refractivity contribution in [1.29, 1.82) is 0 Å². The van der Waals surface area contributed by atoms with Crippen LogP contribution in [-0.2, 0) is 10.2 Å². The highest BCUT2D eigenvalue weighted by atomic mass is 16.5. The molecule has 1 N–H and O–H groups in total. The molecule has 1 aromatic rings. The van der Waals surface area contributed by atoms with Crippen molar-refractivity contribution in [3.8, 4) is 5.75 Å². The molecule has 4 heteroatoms. The van der Waals surface area contributed by atoms with Crippen LogP contribution in [0.25, 0.3) is 0 Å². The highest BCUT2D eigenvalue weighted by molar-refractivity contribution is 5.70. The van der Waals surface area contributed by atoms with Gasteiger partial charge in [0.25, 0.3) is 0 Å². The molecule has 1 aliphatic rings. The van der Waals surface area contributed by atoms with Crippen molar-refractivity contribution in [1.82, 2.24) is 4.90 Å². The first-order chi connectivity index (χ1) is 9.86. The van der Waals surface area contributed by atoms with Crippen LogP contribution in [0.15, 0.2) is 24.3 Å². The van der Waals surface area contributed by atoms with Gasteiger partial charge >= 0.3 is 5.97 Å². The summed E-state index contributed by atoms with van der Waals surface area (Å²) in [7, 11) is 0. The average Bonchev–Trinajstić information content (AvgIpc) is 2.87. The summed E-state index contributed by atoms with van der Waals surface area (Å²) < 4.78 is 5.74. The largest absolute Gasteiger partial charge is 0.492 e. The lowest BCUT2D eigenvalue weighted by molar-refractivity contribution is -0.141. The summed E-state index contributed by atoms with van der Waals surface area (Å²) in [6.45, 7) is 9.44. The van der Waals surface area contributed by atoms with E-state index < -0.39 is 5.97 Å². The maximum atomic E-state index is 10.9. The molecule has 4 nitrogen and oxygen atoms in total. The van der Waals surface area contributed by atoms with Crippen LogP contribution in [-0.4, -0.2) is 42.2 Å². The number of ether oxygens (including phenoxy) is 1. The van der Waals surface area contributed by atoms with Crippen LogP contribution < -0.4 is 4.74 Å². The summed E-state index contributed by atoms with van der Waals surface area (Å²) >= 11 is 0. The third-order valence-electron chi connectivity index (χ3n) is 4.02. The van der Waals surface area contributed by atoms with E-state index in [1.165, 1.54) is 5.56 Å². The van der Waals surface area contributed by atoms with Crippen LogP contribution in [0.1, 0.15) is 32.8 Å². The van der Waals surface area contributed by atoms with Gasteiger partial charge in [-0.05, 0) is 36.1 Å². The number of carbonyl (C=O) groups is 1. The molecule has 0 aromatic heterocycles. The van der Waals surface area contributed by atoms with E-state index in [0.29, 0.717) is 13.2 Å². The lowest BCUT2D eigenvalue weighted by Gasteiger charge is -2.19. The Balaban J connectivity index is 1.75. The summed E-state index contributed by atoms with van der Waals surface area (Å²) in [6.07, 6.45) is 0.746. The second-order valence-corrected chi connectivity index (χ2v) is 6.75. The zero-order chi connectivity index (χ0) is 15.5. The monoisotopic (exact) mass is 291 g/mol. The molecule has 21 heavy (non-hydrogen) atoms. The molecule has 0 radical (unpaired) electrons. The first-order valence-electron chi connectivity index (χ1n) is 7.55. The van der Waals surface area contributed by atoms with Gasteiger partial charge in [-0.2, -0.15) is 0 Å². The van der Waals surface area contributed by atoms with Gasteiger partial charge in [0, 0.05) is 13.1 Å². The van der Waals surface area contributed by atoms with Crippen LogP contribution in [0.3, 0.4) is 0 Å². The van der Waals surface area contributed by atoms with Crippen molar-refractivity contribution in [3.63, 3.8) is 0 Å². The van der Waals surface area contributed by atoms with Crippen molar-refractivity contribution >= 4 is 5.97 Å². The first kappa shape index (κ1) is 15.8. The molecule has 1 atom stereocenters. The molecule has 1 fully saturated rings. The van der Waals surface area contributed by atoms with Crippen molar-refractivity contribution in [3.05, 3.63) is 29.8 Å². The minimum Gasteiger partial charge on any atom is -0.492 e. The summed E-state index contributed by atoms with van der Waals surface area (Å²) in [6, 6.07) is 8.21. The number of nitrogens with zero attached hydrogens (tertiary/aromatic N) is 1. The molecular formula is C17H25NO3. The highest BCUT2D eigenvalue weighted by Crippen LogP contribution is 2.24. The molecule has 116 valence electrons. The predicted octanol–water partition coefficient (Wildman–Crippen LogP) is 2.77. The third kappa shape index (κ3) is 4.46. The Morgan fingerprint density at radius 3 is 2.52 bits per heavy atom. The molecule has 0 amide bonds. The Morgan fingerprint density at radius 1 is 1.33 bits per heavy atom. The quantitative estimate of drug-likeness (QED) is 0.906. The second-order valence-electron chi connectivity index (χ2n) is 6.75. The van der Waals surface area contributed by atoms with Gasteiger partial charge in [0.2, 0.25) is 0 Å². The Labute approximate surface area is 126 Å². The minimum absolute atomic E-state index is 0.153. The van der Waals surface area contributed by atoms with E-state index in [2.05, 4.69) is 37.8 Å². The van der Waals surface area contributed by atoms with Gasteiger partial charge in [-0.15, -0.1) is 0 Å². The van der Waals surface area contributed by atoms with Gasteiger partial charge in [0.05, 0.1) is 5.92 Å². The lowest BCUT2D eigenvalue weighted by atomic mass is 9.87. The molecule has 0 aliphatic carbocycles. The van der Waals surface area contributed by atoms with E-state index in [0.717, 1.165) is 25.3 Å². The zero-order valence-corrected chi connectivity index (χ0v) is 13.1. The average molecular weight is 291 g/mol. The molecule has 1 heterocycles. The number of carboxylic acids is 1. The molecule has 0 bridgehead atoms. The fourth-order valence-corrected chi connectivity index (χ4v) is 2.58. The predicted molar refractivity (Wildman–Crippen MR) is 82.8 cm³/mol. The summed E-state index contributed by atoms with van der Waals surface area (Å²) in [5.41, 5.74) is 1.44. The molecular weight excluding hydrogens is 266 g/mol. The molecule has 1 aromatic carbocycles. The molecule has 0 saturated carbocycles. The smallest absolute Gasteiger partial charge is 0.307 e. The molecule has 0 spiro atoms. The van der Waals surface area contributed by atoms with E-state index in [-0.39, 0.29) is 11.3 Å². The van der Waals surface area contributed by atoms with Crippen LogP contribution >= 0.6 is 0 Å². The fourth-order valence-electron chi connectivity index (χ4n) is 2.58. The standard InChI is InChI=1S/C17H25NO3/c1-17(2,3)14-4-6-15(7-5-14)21-11-10-18-9-8-13(12-18)16(19)20/h4-7,13H,8-12H2,1-3H3,(H,19,20). The summed E-state index contributed by atoms with van der Waals surface area (Å²) in [5.74, 6) is -0.0239. The van der Waals surface area contributed by atoms with Crippen LogP contribution in [0, 0.1) is 5.92 Å². The van der Waals surface area contributed by atoms with Crippen molar-refractivity contribution in [2.24, 2.45) is 5.92 Å². The van der Waals surface area contributed by atoms with Gasteiger partial charge < -0.3 is 9.84 Å². The van der Waals surface area contributed by atoms with E-state index in [4.69, 9.17) is 9.84 Å². The maximum absolute atomic E-state index is 10.9. The lowest BCUT2D eigenvalue weighted by Crippen LogP contribution is -2.27. The Morgan fingerprint density at radius 2 is 2.00 bits per heavy atom. The van der Waals surface area contributed by atoms with Crippen molar-refractivity contribution in [2.75, 3.05) is 26.2 Å². The van der Waals surface area contributed by atoms with E-state index in [9.17, 15) is 4.79 Å². The van der Waals surface area contributed by atoms with Gasteiger partial charge in [0.15, 0.2) is 0 Å². The van der Waals surface area contributed by atoms with E-state index in [1.807, 2.05) is 12.1 Å². The van der Waals surface area contributed by atoms with Crippen molar-refractivity contribution < 1.29 is 14.6 Å². The number of benzene rings is 1. The zero-order valence-electron chi connectivity index (χ0n) is 13.1. The number of carboxylic acid groups (broad SMARTS) is 1. The highest BCUT2D eigenvalue weighted by Gasteiger charge is 2.27. The minimum atomic E-state index is -0.684. The third-order valence-corrected chi connectivity index (χ3v) is 4.02. The molecule has 1 saturated heterocycles. The van der Waals surface area contributed by atoms with Crippen LogP contribution in [0.5, 0.6) is 5.75 Å². The maximum Gasteiger partial charge on any atom is 0.307 e. The Bertz CT molecular complexity index is 476. The topological polar surface area (TPSA) is 49.8 Å². The molecule has 1 unspecified atom stereocenters. The fraction of sp³-hybridized carbons (Fsp3) is 0.588. The van der Waals surface area contributed by atoms with Gasteiger partial charge in [-0.1, -0.05) is 32.9 Å². The molecule has 2 rings (SSSR count). The Hall–Kier alpha value is -1.55. The van der Waals surface area contributed by atoms with Crippen molar-refractivity contribution in [2.45, 2.75) is 32.6 Å². The number of likely N-dealkylation sites (tertiary alicyclic amines) is 1. The number of rotatable bonds is 5. The normalized spacial score (nSPS) is 19.7. The van der Waals surface area contributed by atoms with Gasteiger partial charge in [-0.3, -0.25) is 9.69 Å².